The van der Waals surface area contributed by atoms with Crippen LogP contribution in [0.1, 0.15) is 39.3 Å². The Morgan fingerprint density at radius 2 is 2.11 bits per heavy atom. The van der Waals surface area contributed by atoms with Crippen LogP contribution in [0.5, 0.6) is 5.88 Å². The first-order valence-electron chi connectivity index (χ1n) is 8.66. The molecular weight excluding hydrogens is 367 g/mol. The van der Waals surface area contributed by atoms with Crippen LogP contribution in [0, 0.1) is 25.6 Å². The van der Waals surface area contributed by atoms with E-state index in [4.69, 9.17) is 10.5 Å². The van der Waals surface area contributed by atoms with Gasteiger partial charge in [-0.05, 0) is 31.9 Å². The molecule has 2 atom stereocenters. The smallest absolute Gasteiger partial charge is 0.255 e. The zero-order valence-corrected chi connectivity index (χ0v) is 15.8. The highest BCUT2D eigenvalue weighted by Gasteiger charge is 2.40. The van der Waals surface area contributed by atoms with E-state index in [1.54, 1.807) is 0 Å². The first-order valence-corrected chi connectivity index (χ1v) is 9.47. The molecule has 1 aliphatic carbocycles. The summed E-state index contributed by atoms with van der Waals surface area (Å²) in [6.45, 7) is 4.22. The van der Waals surface area contributed by atoms with Crippen molar-refractivity contribution in [3.8, 4) is 5.88 Å². The van der Waals surface area contributed by atoms with Crippen molar-refractivity contribution < 1.29 is 9.13 Å². The third-order valence-corrected chi connectivity index (χ3v) is 5.30. The Hall–Kier alpha value is -2.68. The van der Waals surface area contributed by atoms with Gasteiger partial charge in [0.2, 0.25) is 11.8 Å². The molecule has 4 rings (SSSR count). The van der Waals surface area contributed by atoms with Crippen LogP contribution in [0.15, 0.2) is 18.3 Å². The van der Waals surface area contributed by atoms with E-state index in [-0.39, 0.29) is 23.9 Å². The highest BCUT2D eigenvalue weighted by atomic mass is 32.1. The van der Waals surface area contributed by atoms with Crippen LogP contribution >= 0.6 is 11.3 Å². The highest BCUT2D eigenvalue weighted by molar-refractivity contribution is 7.11. The molecule has 140 valence electrons. The molecule has 1 aliphatic rings. The molecule has 3 aromatic heterocycles. The molecule has 0 saturated heterocycles. The van der Waals surface area contributed by atoms with Crippen molar-refractivity contribution in [3.63, 3.8) is 0 Å². The quantitative estimate of drug-likeness (QED) is 0.695. The summed E-state index contributed by atoms with van der Waals surface area (Å²) in [6, 6.07) is 4.08. The average molecular weight is 386 g/mol. The predicted molar refractivity (Wildman–Crippen MR) is 99.2 cm³/mol. The van der Waals surface area contributed by atoms with E-state index in [0.717, 1.165) is 22.7 Å². The molecule has 3 aromatic rings. The molecule has 0 bridgehead atoms. The van der Waals surface area contributed by atoms with Gasteiger partial charge in [-0.2, -0.15) is 9.37 Å². The summed E-state index contributed by atoms with van der Waals surface area (Å²) >= 11 is 1.39. The number of hydrogen-bond acceptors (Lipinski definition) is 8. The largest absolute Gasteiger partial charge is 0.475 e. The number of hydrogen-bond donors (Lipinski definition) is 1. The fourth-order valence-electron chi connectivity index (χ4n) is 2.93. The minimum atomic E-state index is -0.595. The summed E-state index contributed by atoms with van der Waals surface area (Å²) < 4.78 is 20.4. The van der Waals surface area contributed by atoms with Gasteiger partial charge >= 0.3 is 0 Å². The molecule has 0 radical (unpaired) electrons. The Labute approximate surface area is 159 Å². The summed E-state index contributed by atoms with van der Waals surface area (Å²) in [4.78, 5) is 12.4. The fourth-order valence-corrected chi connectivity index (χ4v) is 3.65. The third-order valence-electron chi connectivity index (χ3n) is 4.46. The minimum Gasteiger partial charge on any atom is -0.475 e. The van der Waals surface area contributed by atoms with Gasteiger partial charge in [0.15, 0.2) is 0 Å². The van der Waals surface area contributed by atoms with Crippen LogP contribution in [0.25, 0.3) is 0 Å². The number of nitrogen functional groups attached to an aromatic ring is 1. The van der Waals surface area contributed by atoms with E-state index in [9.17, 15) is 4.39 Å². The van der Waals surface area contributed by atoms with Crippen molar-refractivity contribution in [1.82, 2.24) is 25.1 Å². The molecule has 0 amide bonds. The Kier molecular flexibility index (Phi) is 4.69. The van der Waals surface area contributed by atoms with E-state index in [0.29, 0.717) is 23.5 Å². The van der Waals surface area contributed by atoms with E-state index in [1.807, 2.05) is 32.2 Å². The Balaban J connectivity index is 1.42. The van der Waals surface area contributed by atoms with Gasteiger partial charge < -0.3 is 10.5 Å². The number of aromatic nitrogens is 5. The second-order valence-electron chi connectivity index (χ2n) is 6.71. The lowest BCUT2D eigenvalue weighted by atomic mass is 10.2. The maximum atomic E-state index is 14.7. The highest BCUT2D eigenvalue weighted by Crippen LogP contribution is 2.46. The van der Waals surface area contributed by atoms with Crippen molar-refractivity contribution >= 4 is 17.3 Å². The van der Waals surface area contributed by atoms with Crippen molar-refractivity contribution in [3.05, 3.63) is 51.1 Å². The molecule has 2 N–H and O–H groups in total. The molecule has 1 saturated carbocycles. The molecule has 0 aliphatic heterocycles. The van der Waals surface area contributed by atoms with Crippen molar-refractivity contribution in [2.24, 2.45) is 5.92 Å². The SMILES string of the molecule is Cc1ccc([C@H]2C[C@@H]2COc2nc(N)nc(Cc3nnc(C)s3)c2F)nc1. The number of anilines is 1. The molecule has 27 heavy (non-hydrogen) atoms. The zero-order chi connectivity index (χ0) is 19.0. The topological polar surface area (TPSA) is 99.7 Å². The number of rotatable bonds is 6. The van der Waals surface area contributed by atoms with Gasteiger partial charge in [-0.1, -0.05) is 6.07 Å². The fraction of sp³-hybridized carbons (Fsp3) is 0.389. The number of ether oxygens (including phenoxy) is 1. The number of halogens is 1. The predicted octanol–water partition coefficient (Wildman–Crippen LogP) is 2.83. The average Bonchev–Trinajstić information content (AvgIpc) is 3.30. The van der Waals surface area contributed by atoms with Crippen molar-refractivity contribution in [2.45, 2.75) is 32.6 Å². The van der Waals surface area contributed by atoms with E-state index in [2.05, 4.69) is 25.1 Å². The Morgan fingerprint density at radius 3 is 2.81 bits per heavy atom. The standard InChI is InChI=1S/C18H19FN6OS/c1-9-3-4-13(21-7-9)12-5-11(12)8-26-17-16(19)14(22-18(20)23-17)6-15-25-24-10(2)27-15/h3-4,7,11-12H,5-6,8H2,1-2H3,(H2,20,22,23)/t11-,12+/m1/s1. The normalized spacial score (nSPS) is 18.5. The van der Waals surface area contributed by atoms with Crippen LogP contribution < -0.4 is 10.5 Å². The minimum absolute atomic E-state index is 0.0183. The number of nitrogens with two attached hydrogens (primary N) is 1. The van der Waals surface area contributed by atoms with Gasteiger partial charge in [0.05, 0.1) is 12.3 Å². The molecule has 9 heteroatoms. The van der Waals surface area contributed by atoms with Gasteiger partial charge in [-0.3, -0.25) is 4.98 Å². The van der Waals surface area contributed by atoms with Crippen molar-refractivity contribution in [1.29, 1.82) is 0 Å². The summed E-state index contributed by atoms with van der Waals surface area (Å²) in [6.07, 6.45) is 3.03. The maximum Gasteiger partial charge on any atom is 0.255 e. The lowest BCUT2D eigenvalue weighted by Crippen LogP contribution is -2.10. The molecule has 0 spiro atoms. The number of pyridine rings is 1. The van der Waals surface area contributed by atoms with Gasteiger partial charge in [-0.25, -0.2) is 4.98 Å². The zero-order valence-electron chi connectivity index (χ0n) is 15.0. The second kappa shape index (κ2) is 7.15. The first-order chi connectivity index (χ1) is 13.0. The summed E-state index contributed by atoms with van der Waals surface area (Å²) in [5.74, 6) is -0.0825. The van der Waals surface area contributed by atoms with Crippen molar-refractivity contribution in [2.75, 3.05) is 12.3 Å². The Morgan fingerprint density at radius 1 is 1.26 bits per heavy atom. The van der Waals surface area contributed by atoms with Gasteiger partial charge in [0.25, 0.3) is 5.88 Å². The van der Waals surface area contributed by atoms with E-state index < -0.39 is 5.82 Å². The summed E-state index contributed by atoms with van der Waals surface area (Å²) in [7, 11) is 0. The maximum absolute atomic E-state index is 14.7. The monoisotopic (exact) mass is 386 g/mol. The molecule has 0 aromatic carbocycles. The second-order valence-corrected chi connectivity index (χ2v) is 7.98. The van der Waals surface area contributed by atoms with Crippen LogP contribution in [-0.4, -0.2) is 31.8 Å². The lowest BCUT2D eigenvalue weighted by molar-refractivity contribution is 0.269. The Bertz CT molecular complexity index is 961. The van der Waals surface area contributed by atoms with E-state index >= 15 is 0 Å². The molecule has 1 fully saturated rings. The van der Waals surface area contributed by atoms with Crippen LogP contribution in [0.3, 0.4) is 0 Å². The molecule has 7 nitrogen and oxygen atoms in total. The summed E-state index contributed by atoms with van der Waals surface area (Å²) in [5, 5.41) is 9.41. The lowest BCUT2D eigenvalue weighted by Gasteiger charge is -2.09. The summed E-state index contributed by atoms with van der Waals surface area (Å²) in [5.41, 5.74) is 8.07. The van der Waals surface area contributed by atoms with Crippen LogP contribution in [0.2, 0.25) is 0 Å². The third kappa shape index (κ3) is 4.02. The van der Waals surface area contributed by atoms with Gasteiger partial charge in [0, 0.05) is 30.1 Å². The van der Waals surface area contributed by atoms with Crippen LogP contribution in [-0.2, 0) is 6.42 Å². The van der Waals surface area contributed by atoms with Gasteiger partial charge in [0.1, 0.15) is 10.0 Å². The van der Waals surface area contributed by atoms with E-state index in [1.165, 1.54) is 11.3 Å². The number of nitrogens with zero attached hydrogens (tertiary/aromatic N) is 5. The molecular formula is C18H19FN6OS. The molecule has 3 heterocycles. The van der Waals surface area contributed by atoms with Gasteiger partial charge in [-0.15, -0.1) is 21.5 Å². The van der Waals surface area contributed by atoms with Crippen LogP contribution in [0.4, 0.5) is 10.3 Å². The first kappa shape index (κ1) is 17.7. The number of aryl methyl sites for hydroxylation is 2. The molecule has 0 unspecified atom stereocenters.